The van der Waals surface area contributed by atoms with Crippen molar-refractivity contribution in [3.63, 3.8) is 0 Å². The number of fused-ring (bicyclic) bond motifs is 2. The van der Waals surface area contributed by atoms with Gasteiger partial charge in [-0.3, -0.25) is 4.79 Å². The molecule has 0 radical (unpaired) electrons. The standard InChI is InChI=1S/C27H43N5O/c1-19(2)26(33)14-20-4-6-23(7-5-20)31-12-10-21(11-13-31)22-15-28-27(29-16-22)32-24-8-9-25(32)18-30(3)17-24/h15-16,19-21,23-25H,4-14,17-18H2,1-3H3. The second kappa shape index (κ2) is 9.99. The normalized spacial score (nSPS) is 31.9. The molecule has 4 fully saturated rings. The van der Waals surface area contributed by atoms with Gasteiger partial charge in [-0.05, 0) is 88.9 Å². The van der Waals surface area contributed by atoms with Gasteiger partial charge in [-0.2, -0.15) is 0 Å². The summed E-state index contributed by atoms with van der Waals surface area (Å²) < 4.78 is 0. The molecule has 182 valence electrons. The zero-order valence-electron chi connectivity index (χ0n) is 21.0. The van der Waals surface area contributed by atoms with Crippen LogP contribution >= 0.6 is 0 Å². The van der Waals surface area contributed by atoms with Crippen LogP contribution < -0.4 is 4.90 Å². The van der Waals surface area contributed by atoms with E-state index >= 15 is 0 Å². The number of rotatable bonds is 6. The first-order valence-corrected chi connectivity index (χ1v) is 13.5. The number of likely N-dealkylation sites (N-methyl/N-ethyl adjacent to an activating group) is 1. The van der Waals surface area contributed by atoms with Gasteiger partial charge in [0.05, 0.1) is 0 Å². The molecule has 1 saturated carbocycles. The monoisotopic (exact) mass is 453 g/mol. The van der Waals surface area contributed by atoms with Gasteiger partial charge in [0.1, 0.15) is 5.78 Å². The molecule has 4 aliphatic rings. The van der Waals surface area contributed by atoms with Crippen molar-refractivity contribution < 1.29 is 4.79 Å². The number of ketones is 1. The minimum absolute atomic E-state index is 0.191. The molecule has 33 heavy (non-hydrogen) atoms. The number of piperidine rings is 1. The first-order valence-electron chi connectivity index (χ1n) is 13.5. The van der Waals surface area contributed by atoms with Gasteiger partial charge in [0.15, 0.2) is 0 Å². The topological polar surface area (TPSA) is 52.6 Å². The molecule has 3 saturated heterocycles. The molecule has 2 bridgehead atoms. The Morgan fingerprint density at radius 1 is 0.909 bits per heavy atom. The maximum atomic E-state index is 12.1. The number of hydrogen-bond donors (Lipinski definition) is 0. The van der Waals surface area contributed by atoms with Crippen molar-refractivity contribution in [1.82, 2.24) is 19.8 Å². The van der Waals surface area contributed by atoms with E-state index in [1.807, 2.05) is 13.8 Å². The van der Waals surface area contributed by atoms with Crippen LogP contribution in [0.4, 0.5) is 5.95 Å². The Morgan fingerprint density at radius 3 is 2.06 bits per heavy atom. The molecule has 6 nitrogen and oxygen atoms in total. The largest absolute Gasteiger partial charge is 0.332 e. The minimum atomic E-state index is 0.191. The first-order chi connectivity index (χ1) is 16.0. The van der Waals surface area contributed by atoms with Gasteiger partial charge >= 0.3 is 0 Å². The van der Waals surface area contributed by atoms with E-state index in [0.29, 0.717) is 29.7 Å². The smallest absolute Gasteiger partial charge is 0.225 e. The van der Waals surface area contributed by atoms with Crippen molar-refractivity contribution in [3.8, 4) is 0 Å². The maximum Gasteiger partial charge on any atom is 0.225 e. The van der Waals surface area contributed by atoms with E-state index in [2.05, 4.69) is 34.1 Å². The van der Waals surface area contributed by atoms with E-state index < -0.39 is 0 Å². The predicted octanol–water partition coefficient (Wildman–Crippen LogP) is 4.11. The summed E-state index contributed by atoms with van der Waals surface area (Å²) in [5.41, 5.74) is 1.33. The van der Waals surface area contributed by atoms with Crippen molar-refractivity contribution >= 4 is 11.7 Å². The Kier molecular flexibility index (Phi) is 7.03. The highest BCUT2D eigenvalue weighted by atomic mass is 16.1. The summed E-state index contributed by atoms with van der Waals surface area (Å²) in [6, 6.07) is 1.89. The molecule has 0 amide bonds. The number of anilines is 1. The molecule has 1 aromatic rings. The van der Waals surface area contributed by atoms with Crippen LogP contribution in [-0.2, 0) is 4.79 Å². The quantitative estimate of drug-likeness (QED) is 0.646. The van der Waals surface area contributed by atoms with Crippen molar-refractivity contribution in [2.24, 2.45) is 11.8 Å². The molecule has 2 unspecified atom stereocenters. The van der Waals surface area contributed by atoms with Crippen molar-refractivity contribution in [1.29, 1.82) is 0 Å². The van der Waals surface area contributed by atoms with E-state index in [1.54, 1.807) is 0 Å². The number of likely N-dealkylation sites (tertiary alicyclic amines) is 2. The molecule has 0 spiro atoms. The number of hydrogen-bond acceptors (Lipinski definition) is 6. The summed E-state index contributed by atoms with van der Waals surface area (Å²) in [4.78, 5) is 29.5. The van der Waals surface area contributed by atoms with Crippen LogP contribution in [0.3, 0.4) is 0 Å². The van der Waals surface area contributed by atoms with E-state index in [1.165, 1.54) is 70.0 Å². The lowest BCUT2D eigenvalue weighted by atomic mass is 9.80. The van der Waals surface area contributed by atoms with Crippen LogP contribution in [0.15, 0.2) is 12.4 Å². The van der Waals surface area contributed by atoms with Gasteiger partial charge in [-0.25, -0.2) is 9.97 Å². The van der Waals surface area contributed by atoms with Crippen molar-refractivity contribution in [3.05, 3.63) is 18.0 Å². The van der Waals surface area contributed by atoms with E-state index in [9.17, 15) is 4.79 Å². The second-order valence-corrected chi connectivity index (χ2v) is 11.6. The Morgan fingerprint density at radius 2 is 1.48 bits per heavy atom. The highest BCUT2D eigenvalue weighted by molar-refractivity contribution is 5.80. The Balaban J connectivity index is 1.10. The number of nitrogens with zero attached hydrogens (tertiary/aromatic N) is 5. The first kappa shape index (κ1) is 23.2. The van der Waals surface area contributed by atoms with E-state index in [-0.39, 0.29) is 5.92 Å². The Bertz CT molecular complexity index is 781. The van der Waals surface area contributed by atoms with Crippen molar-refractivity contribution in [2.45, 2.75) is 95.7 Å². The third-order valence-corrected chi connectivity index (χ3v) is 9.02. The van der Waals surface area contributed by atoms with Crippen LogP contribution in [0.25, 0.3) is 0 Å². The van der Waals surface area contributed by atoms with Crippen LogP contribution in [0, 0.1) is 11.8 Å². The van der Waals surface area contributed by atoms with Crippen LogP contribution in [0.1, 0.15) is 83.1 Å². The van der Waals surface area contributed by atoms with E-state index in [0.717, 1.165) is 31.5 Å². The average Bonchev–Trinajstić information content (AvgIpc) is 3.10. The zero-order chi connectivity index (χ0) is 22.9. The number of piperazine rings is 1. The summed E-state index contributed by atoms with van der Waals surface area (Å²) in [6.45, 7) is 8.72. The number of Topliss-reactive ketones (excluding diaryl/α,β-unsaturated/α-hetero) is 1. The fraction of sp³-hybridized carbons (Fsp3) is 0.815. The SMILES string of the molecule is CC(C)C(=O)CC1CCC(N2CCC(c3cnc(N4C5CCC4CN(C)C5)nc3)CC2)CC1. The van der Waals surface area contributed by atoms with Crippen LogP contribution in [-0.4, -0.2) is 76.9 Å². The molecular formula is C27H43N5O. The zero-order valence-corrected chi connectivity index (χ0v) is 21.0. The Labute approximate surface area is 200 Å². The highest BCUT2D eigenvalue weighted by Crippen LogP contribution is 2.36. The molecule has 0 N–H and O–H groups in total. The fourth-order valence-electron chi connectivity index (χ4n) is 6.95. The minimum Gasteiger partial charge on any atom is -0.332 e. The predicted molar refractivity (Wildman–Crippen MR) is 133 cm³/mol. The molecule has 4 heterocycles. The van der Waals surface area contributed by atoms with Crippen LogP contribution in [0.2, 0.25) is 0 Å². The molecule has 5 rings (SSSR count). The van der Waals surface area contributed by atoms with Gasteiger partial charge in [-0.1, -0.05) is 13.8 Å². The summed E-state index contributed by atoms with van der Waals surface area (Å²) in [6.07, 6.45) is 15.0. The van der Waals surface area contributed by atoms with Crippen molar-refractivity contribution in [2.75, 3.05) is 38.1 Å². The molecule has 1 aromatic heterocycles. The lowest BCUT2D eigenvalue weighted by Gasteiger charge is -2.41. The van der Waals surface area contributed by atoms with Gasteiger partial charge in [0.2, 0.25) is 5.95 Å². The molecule has 6 heteroatoms. The second-order valence-electron chi connectivity index (χ2n) is 11.6. The summed E-state index contributed by atoms with van der Waals surface area (Å²) in [5.74, 6) is 2.81. The third-order valence-electron chi connectivity index (χ3n) is 9.02. The number of aromatic nitrogens is 2. The molecule has 2 atom stereocenters. The van der Waals surface area contributed by atoms with Crippen LogP contribution in [0.5, 0.6) is 0 Å². The fourth-order valence-corrected chi connectivity index (χ4v) is 6.95. The summed E-state index contributed by atoms with van der Waals surface area (Å²) in [7, 11) is 2.23. The molecule has 0 aromatic carbocycles. The van der Waals surface area contributed by atoms with Gasteiger partial charge in [0.25, 0.3) is 0 Å². The summed E-state index contributed by atoms with van der Waals surface area (Å²) >= 11 is 0. The summed E-state index contributed by atoms with van der Waals surface area (Å²) in [5, 5.41) is 0. The number of carbonyl (C=O) groups excluding carboxylic acids is 1. The highest BCUT2D eigenvalue weighted by Gasteiger charge is 2.40. The third kappa shape index (κ3) is 5.12. The lowest BCUT2D eigenvalue weighted by Crippen LogP contribution is -2.53. The number of carbonyl (C=O) groups is 1. The maximum absolute atomic E-state index is 12.1. The average molecular weight is 454 g/mol. The van der Waals surface area contributed by atoms with Gasteiger partial charge < -0.3 is 14.7 Å². The Hall–Kier alpha value is -1.53. The molecular weight excluding hydrogens is 410 g/mol. The van der Waals surface area contributed by atoms with Gasteiger partial charge in [-0.15, -0.1) is 0 Å². The van der Waals surface area contributed by atoms with Gasteiger partial charge in [0, 0.05) is 55.9 Å². The molecule has 1 aliphatic carbocycles. The van der Waals surface area contributed by atoms with E-state index in [4.69, 9.17) is 9.97 Å². The lowest BCUT2D eigenvalue weighted by molar-refractivity contribution is -0.123. The molecule has 3 aliphatic heterocycles.